The van der Waals surface area contributed by atoms with Gasteiger partial charge in [0.15, 0.2) is 5.17 Å². The van der Waals surface area contributed by atoms with E-state index in [0.717, 1.165) is 18.4 Å². The summed E-state index contributed by atoms with van der Waals surface area (Å²) < 4.78 is 0. The molecule has 1 saturated carbocycles. The van der Waals surface area contributed by atoms with Gasteiger partial charge in [-0.05, 0) is 47.3 Å². The molecule has 1 aromatic carbocycles. The molecule has 1 aliphatic carbocycles. The van der Waals surface area contributed by atoms with Crippen molar-refractivity contribution < 1.29 is 9.97 Å². The maximum absolute atomic E-state index is 12.2. The maximum Gasteiger partial charge on any atom is 0.270 e. The number of rotatable bonds is 3. The van der Waals surface area contributed by atoms with Gasteiger partial charge in [0.05, 0.1) is 0 Å². The van der Waals surface area contributed by atoms with Gasteiger partial charge in [-0.3, -0.25) is 9.79 Å². The Kier molecular flexibility index (Phi) is 3.33. The van der Waals surface area contributed by atoms with Gasteiger partial charge >= 0.3 is 0 Å². The van der Waals surface area contributed by atoms with Gasteiger partial charge in [0.2, 0.25) is 0 Å². The van der Waals surface area contributed by atoms with Crippen LogP contribution in [0.4, 0.5) is 0 Å². The van der Waals surface area contributed by atoms with Crippen LogP contribution in [0.1, 0.15) is 34.7 Å². The van der Waals surface area contributed by atoms with Gasteiger partial charge in [-0.25, -0.2) is 0 Å². The van der Waals surface area contributed by atoms with E-state index in [0.29, 0.717) is 23.2 Å². The Hall–Kier alpha value is -1.69. The van der Waals surface area contributed by atoms with Crippen molar-refractivity contribution in [2.24, 2.45) is 4.99 Å². The van der Waals surface area contributed by atoms with Crippen molar-refractivity contribution in [3.63, 3.8) is 0 Å². The van der Waals surface area contributed by atoms with Crippen LogP contribution >= 0.6 is 11.8 Å². The standard InChI is InChI=1S/C13H13N3O2S/c17-12(15-13-14-7-11(16-18)19-13)10-4-2-1-3-9(10)8-5-6-8/h1-4,8,11H,5-7H2,(H,14,15,17)/p+1. The van der Waals surface area contributed by atoms with Crippen LogP contribution in [0.2, 0.25) is 0 Å². The molecular weight excluding hydrogens is 262 g/mol. The molecule has 2 aliphatic rings. The van der Waals surface area contributed by atoms with Crippen LogP contribution in [0, 0.1) is 4.91 Å². The second-order valence-corrected chi connectivity index (χ2v) is 5.88. The fourth-order valence-electron chi connectivity index (χ4n) is 2.12. The van der Waals surface area contributed by atoms with E-state index in [1.807, 2.05) is 29.4 Å². The molecule has 6 heteroatoms. The van der Waals surface area contributed by atoms with Crippen LogP contribution in [-0.2, 0) is 0 Å². The first kappa shape index (κ1) is 12.3. The Morgan fingerprint density at radius 1 is 1.37 bits per heavy atom. The monoisotopic (exact) mass is 276 g/mol. The van der Waals surface area contributed by atoms with Crippen LogP contribution in [-0.4, -0.2) is 23.0 Å². The van der Waals surface area contributed by atoms with Crippen molar-refractivity contribution in [1.29, 1.82) is 0 Å². The molecule has 5 nitrogen and oxygen atoms in total. The van der Waals surface area contributed by atoms with Gasteiger partial charge in [-0.15, -0.1) is 0 Å². The van der Waals surface area contributed by atoms with E-state index in [4.69, 9.17) is 0 Å². The summed E-state index contributed by atoms with van der Waals surface area (Å²) >= 11 is 1.26. The number of carbonyl (C=O) groups excluding carboxylic acids is 1. The molecule has 0 radical (unpaired) electrons. The zero-order valence-corrected chi connectivity index (χ0v) is 11.1. The maximum atomic E-state index is 12.2. The molecule has 1 aliphatic heterocycles. The number of aliphatic imine (C=N–C) groups is 1. The molecule has 98 valence electrons. The van der Waals surface area contributed by atoms with E-state index >= 15 is 0 Å². The number of thioether (sulfide) groups is 1. The predicted molar refractivity (Wildman–Crippen MR) is 73.9 cm³/mol. The number of nitrogens with one attached hydrogen (secondary N) is 2. The quantitative estimate of drug-likeness (QED) is 0.847. The average Bonchev–Trinajstić information content (AvgIpc) is 3.19. The largest absolute Gasteiger partial charge is 0.301 e. The summed E-state index contributed by atoms with van der Waals surface area (Å²) in [5.74, 6) is 0.386. The molecule has 19 heavy (non-hydrogen) atoms. The minimum absolute atomic E-state index is 0.139. The second kappa shape index (κ2) is 5.13. The molecule has 0 bridgehead atoms. The van der Waals surface area contributed by atoms with Crippen molar-refractivity contribution in [2.45, 2.75) is 24.1 Å². The smallest absolute Gasteiger partial charge is 0.270 e. The summed E-state index contributed by atoms with van der Waals surface area (Å²) in [6.07, 6.45) is 2.31. The van der Waals surface area contributed by atoms with E-state index in [1.54, 1.807) is 0 Å². The summed E-state index contributed by atoms with van der Waals surface area (Å²) in [6.45, 7) is 0.397. The lowest BCUT2D eigenvalue weighted by Gasteiger charge is -2.08. The number of benzene rings is 1. The van der Waals surface area contributed by atoms with Gasteiger partial charge in [0.1, 0.15) is 6.54 Å². The molecule has 0 spiro atoms. The Morgan fingerprint density at radius 2 is 2.16 bits per heavy atom. The Labute approximate surface area is 114 Å². The molecule has 3 rings (SSSR count). The fraction of sp³-hybridized carbons (Fsp3) is 0.385. The number of amidine groups is 1. The highest BCUT2D eigenvalue weighted by Crippen LogP contribution is 2.41. The van der Waals surface area contributed by atoms with Gasteiger partial charge in [0.25, 0.3) is 11.3 Å². The first-order valence-electron chi connectivity index (χ1n) is 6.27. The highest BCUT2D eigenvalue weighted by molar-refractivity contribution is 8.14. The molecule has 0 aromatic heterocycles. The number of nitrogens with zero attached hydrogens (tertiary/aromatic N) is 1. The van der Waals surface area contributed by atoms with Crippen molar-refractivity contribution >= 4 is 22.8 Å². The van der Waals surface area contributed by atoms with Crippen molar-refractivity contribution in [3.05, 3.63) is 40.3 Å². The first-order valence-corrected chi connectivity index (χ1v) is 7.15. The summed E-state index contributed by atoms with van der Waals surface area (Å²) in [5, 5.41) is 4.91. The van der Waals surface area contributed by atoms with Crippen LogP contribution in [0.15, 0.2) is 29.3 Å². The highest BCUT2D eigenvalue weighted by Gasteiger charge is 2.30. The zero-order chi connectivity index (χ0) is 13.2. The van der Waals surface area contributed by atoms with E-state index in [1.165, 1.54) is 11.8 Å². The zero-order valence-electron chi connectivity index (χ0n) is 10.3. The van der Waals surface area contributed by atoms with Gasteiger partial charge in [-0.1, -0.05) is 18.2 Å². The lowest BCUT2D eigenvalue weighted by Crippen LogP contribution is -2.71. The van der Waals surface area contributed by atoms with Gasteiger partial charge in [0, 0.05) is 10.5 Å². The third-order valence-electron chi connectivity index (χ3n) is 3.23. The number of hydrogen-bond donors (Lipinski definition) is 2. The third-order valence-corrected chi connectivity index (χ3v) is 4.21. The molecule has 1 unspecified atom stereocenters. The first-order chi connectivity index (χ1) is 9.28. The van der Waals surface area contributed by atoms with Crippen LogP contribution in [0.5, 0.6) is 0 Å². The molecule has 1 fully saturated rings. The molecule has 0 saturated heterocycles. The van der Waals surface area contributed by atoms with Crippen LogP contribution in [0.3, 0.4) is 0 Å². The van der Waals surface area contributed by atoms with E-state index < -0.39 is 0 Å². The van der Waals surface area contributed by atoms with Crippen LogP contribution in [0.25, 0.3) is 0 Å². The molecular formula is C13H14N3O2S+. The topological polar surface area (TPSA) is 72.5 Å². The fourth-order valence-corrected chi connectivity index (χ4v) is 2.89. The number of nitroso groups, excluding NO2 is 1. The van der Waals surface area contributed by atoms with E-state index in [2.05, 4.69) is 10.3 Å². The Bertz CT molecular complexity index is 555. The minimum Gasteiger partial charge on any atom is -0.301 e. The van der Waals surface area contributed by atoms with Crippen molar-refractivity contribution in [2.75, 3.05) is 6.54 Å². The lowest BCUT2D eigenvalue weighted by atomic mass is 10.0. The summed E-state index contributed by atoms with van der Waals surface area (Å²) in [7, 11) is 0. The predicted octanol–water partition coefficient (Wildman–Crippen LogP) is 0.570. The molecule has 1 atom stereocenters. The average molecular weight is 276 g/mol. The minimum atomic E-state index is -0.283. The Balaban J connectivity index is 1.72. The number of carbonyl (C=O) groups is 1. The molecule has 1 heterocycles. The van der Waals surface area contributed by atoms with Crippen molar-refractivity contribution in [3.8, 4) is 0 Å². The summed E-state index contributed by atoms with van der Waals surface area (Å²) in [6, 6.07) is 7.68. The molecule has 1 aromatic rings. The number of amides is 1. The van der Waals surface area contributed by atoms with E-state index in [-0.39, 0.29) is 11.3 Å². The molecule has 1 amide bonds. The van der Waals surface area contributed by atoms with Gasteiger partial charge < -0.3 is 5.32 Å². The SMILES string of the molecule is O=[NH+]C1CN=C(NC(=O)c2ccccc2C2CC2)S1. The van der Waals surface area contributed by atoms with Gasteiger partial charge in [-0.2, -0.15) is 0 Å². The summed E-state index contributed by atoms with van der Waals surface area (Å²) in [5.41, 5.74) is 1.83. The number of hydrogen-bond acceptors (Lipinski definition) is 4. The van der Waals surface area contributed by atoms with Crippen molar-refractivity contribution in [1.82, 2.24) is 5.32 Å². The molecule has 2 N–H and O–H groups in total. The third kappa shape index (κ3) is 2.68. The highest BCUT2D eigenvalue weighted by atomic mass is 32.2. The van der Waals surface area contributed by atoms with E-state index in [9.17, 15) is 9.70 Å². The van der Waals surface area contributed by atoms with Crippen LogP contribution < -0.4 is 10.5 Å². The Morgan fingerprint density at radius 3 is 2.84 bits per heavy atom. The lowest BCUT2D eigenvalue weighted by molar-refractivity contribution is -0.492. The summed E-state index contributed by atoms with van der Waals surface area (Å²) in [4.78, 5) is 26.9. The normalized spacial score (nSPS) is 21.9. The second-order valence-electron chi connectivity index (χ2n) is 4.69.